The SMILES string of the molecule is COc1cccc(Nc2ccnc3[nH]c(-c4ccc(OC5CCN(C(C)=O)CC5)cc4)cc23)c1P(C)C. The number of fused-ring (bicyclic) bond motifs is 1. The van der Waals surface area contributed by atoms with Crippen molar-refractivity contribution in [2.24, 2.45) is 0 Å². The zero-order valence-electron chi connectivity index (χ0n) is 21.7. The number of amides is 1. The number of H-pyrrole nitrogens is 1. The van der Waals surface area contributed by atoms with Gasteiger partial charge in [0.25, 0.3) is 0 Å². The summed E-state index contributed by atoms with van der Waals surface area (Å²) in [6, 6.07) is 18.4. The highest BCUT2D eigenvalue weighted by Gasteiger charge is 2.22. The molecular formula is C29H33N4O3P. The second kappa shape index (κ2) is 10.8. The highest BCUT2D eigenvalue weighted by atomic mass is 31.1. The number of hydrogen-bond donors (Lipinski definition) is 2. The third kappa shape index (κ3) is 5.42. The molecule has 4 aromatic rings. The zero-order chi connectivity index (χ0) is 25.9. The van der Waals surface area contributed by atoms with E-state index < -0.39 is 0 Å². The monoisotopic (exact) mass is 516 g/mol. The number of methoxy groups -OCH3 is 1. The van der Waals surface area contributed by atoms with Crippen LogP contribution in [0.25, 0.3) is 22.3 Å². The molecule has 1 amide bonds. The number of nitrogens with zero attached hydrogens (tertiary/aromatic N) is 2. The average molecular weight is 517 g/mol. The van der Waals surface area contributed by atoms with E-state index in [-0.39, 0.29) is 19.9 Å². The van der Waals surface area contributed by atoms with E-state index in [0.29, 0.717) is 0 Å². The lowest BCUT2D eigenvalue weighted by atomic mass is 10.1. The largest absolute Gasteiger partial charge is 0.496 e. The van der Waals surface area contributed by atoms with Crippen molar-refractivity contribution < 1.29 is 14.3 Å². The molecule has 5 rings (SSSR count). The van der Waals surface area contributed by atoms with Crippen LogP contribution in [0.15, 0.2) is 60.8 Å². The van der Waals surface area contributed by atoms with Gasteiger partial charge < -0.3 is 24.7 Å². The topological polar surface area (TPSA) is 79.5 Å². The van der Waals surface area contributed by atoms with Gasteiger partial charge in [-0.05, 0) is 67.4 Å². The molecule has 1 saturated heterocycles. The molecule has 0 spiro atoms. The predicted molar refractivity (Wildman–Crippen MR) is 152 cm³/mol. The zero-order valence-corrected chi connectivity index (χ0v) is 22.6. The summed E-state index contributed by atoms with van der Waals surface area (Å²) in [6.07, 6.45) is 3.68. The third-order valence-corrected chi connectivity index (χ3v) is 8.18. The van der Waals surface area contributed by atoms with Gasteiger partial charge in [-0.3, -0.25) is 4.79 Å². The van der Waals surface area contributed by atoms with E-state index in [2.05, 4.69) is 52.9 Å². The highest BCUT2D eigenvalue weighted by molar-refractivity contribution is 7.64. The van der Waals surface area contributed by atoms with Gasteiger partial charge in [-0.15, -0.1) is 0 Å². The molecule has 0 saturated carbocycles. The molecule has 7 nitrogen and oxygen atoms in total. The van der Waals surface area contributed by atoms with E-state index in [9.17, 15) is 4.79 Å². The summed E-state index contributed by atoms with van der Waals surface area (Å²) in [6.45, 7) is 7.60. The quantitative estimate of drug-likeness (QED) is 0.306. The maximum absolute atomic E-state index is 11.6. The van der Waals surface area contributed by atoms with Crippen LogP contribution < -0.4 is 20.1 Å². The van der Waals surface area contributed by atoms with E-state index in [1.165, 1.54) is 5.30 Å². The van der Waals surface area contributed by atoms with Crippen LogP contribution in [0.2, 0.25) is 0 Å². The van der Waals surface area contributed by atoms with Crippen molar-refractivity contribution in [1.29, 1.82) is 0 Å². The number of ether oxygens (including phenoxy) is 2. The maximum Gasteiger partial charge on any atom is 0.219 e. The van der Waals surface area contributed by atoms with Crippen LogP contribution in [0.4, 0.5) is 11.4 Å². The molecule has 0 atom stereocenters. The highest BCUT2D eigenvalue weighted by Crippen LogP contribution is 2.37. The Hall–Kier alpha value is -3.57. The van der Waals surface area contributed by atoms with E-state index in [0.717, 1.165) is 71.1 Å². The molecule has 2 aromatic carbocycles. The molecule has 3 heterocycles. The van der Waals surface area contributed by atoms with Gasteiger partial charge in [-0.1, -0.05) is 14.0 Å². The van der Waals surface area contributed by atoms with Crippen molar-refractivity contribution in [3.63, 3.8) is 0 Å². The van der Waals surface area contributed by atoms with E-state index >= 15 is 0 Å². The molecule has 0 radical (unpaired) electrons. The lowest BCUT2D eigenvalue weighted by Gasteiger charge is -2.31. The number of hydrogen-bond acceptors (Lipinski definition) is 5. The predicted octanol–water partition coefficient (Wildman–Crippen LogP) is 5.74. The second-order valence-corrected chi connectivity index (χ2v) is 11.8. The van der Waals surface area contributed by atoms with Gasteiger partial charge in [-0.2, -0.15) is 0 Å². The van der Waals surface area contributed by atoms with Crippen molar-refractivity contribution in [3.8, 4) is 22.8 Å². The Kier molecular flexibility index (Phi) is 7.33. The molecule has 2 N–H and O–H groups in total. The molecule has 37 heavy (non-hydrogen) atoms. The molecule has 1 fully saturated rings. The summed E-state index contributed by atoms with van der Waals surface area (Å²) in [5.74, 6) is 1.90. The second-order valence-electron chi connectivity index (χ2n) is 9.53. The third-order valence-electron chi connectivity index (χ3n) is 6.82. The first kappa shape index (κ1) is 25.1. The Morgan fingerprint density at radius 1 is 1.08 bits per heavy atom. The molecule has 0 unspecified atom stereocenters. The Morgan fingerprint density at radius 3 is 2.51 bits per heavy atom. The smallest absolute Gasteiger partial charge is 0.219 e. The molecule has 1 aliphatic rings. The van der Waals surface area contributed by atoms with Crippen molar-refractivity contribution in [2.45, 2.75) is 25.9 Å². The normalized spacial score (nSPS) is 14.2. The van der Waals surface area contributed by atoms with Crippen LogP contribution in [-0.2, 0) is 4.79 Å². The summed E-state index contributed by atoms with van der Waals surface area (Å²) < 4.78 is 11.8. The Bertz CT molecular complexity index is 1390. The minimum Gasteiger partial charge on any atom is -0.496 e. The molecule has 0 bridgehead atoms. The lowest BCUT2D eigenvalue weighted by molar-refractivity contribution is -0.130. The van der Waals surface area contributed by atoms with Crippen LogP contribution in [-0.4, -0.2) is 60.4 Å². The van der Waals surface area contributed by atoms with Gasteiger partial charge in [0.15, 0.2) is 0 Å². The summed E-state index contributed by atoms with van der Waals surface area (Å²) in [4.78, 5) is 21.5. The number of aromatic nitrogens is 2. The van der Waals surface area contributed by atoms with Crippen molar-refractivity contribution in [3.05, 3.63) is 60.8 Å². The number of likely N-dealkylation sites (tertiary alicyclic amines) is 1. The maximum atomic E-state index is 11.6. The first-order chi connectivity index (χ1) is 17.9. The molecular weight excluding hydrogens is 483 g/mol. The van der Waals surface area contributed by atoms with Gasteiger partial charge in [0.1, 0.15) is 23.3 Å². The fourth-order valence-corrected chi connectivity index (χ4v) is 6.10. The molecule has 8 heteroatoms. The van der Waals surface area contributed by atoms with Gasteiger partial charge in [0.2, 0.25) is 5.91 Å². The van der Waals surface area contributed by atoms with E-state index in [4.69, 9.17) is 9.47 Å². The Morgan fingerprint density at radius 2 is 1.84 bits per heavy atom. The van der Waals surface area contributed by atoms with Crippen LogP contribution in [0.1, 0.15) is 19.8 Å². The van der Waals surface area contributed by atoms with E-state index in [1.54, 1.807) is 14.0 Å². The number of nitrogens with one attached hydrogen (secondary N) is 2. The number of carbonyl (C=O) groups excluding carboxylic acids is 1. The summed E-state index contributed by atoms with van der Waals surface area (Å²) >= 11 is 0. The summed E-state index contributed by atoms with van der Waals surface area (Å²) in [5, 5.41) is 5.87. The fourth-order valence-electron chi connectivity index (χ4n) is 4.88. The van der Waals surface area contributed by atoms with Crippen LogP contribution in [0, 0.1) is 0 Å². The number of carbonyl (C=O) groups is 1. The van der Waals surface area contributed by atoms with Crippen molar-refractivity contribution in [1.82, 2.24) is 14.9 Å². The average Bonchev–Trinajstić information content (AvgIpc) is 3.34. The van der Waals surface area contributed by atoms with Crippen LogP contribution in [0.3, 0.4) is 0 Å². The first-order valence-corrected chi connectivity index (χ1v) is 14.8. The standard InChI is InChI=1S/C29H33N4O3P/c1-19(34)33-16-13-22(14-17-33)36-21-10-8-20(9-11-21)26-18-23-24(12-15-30-29(23)32-26)31-25-6-5-7-27(35-2)28(25)37(3)4/h5-12,15,18,22H,13-14,16-17H2,1-4H3,(H2,30,31,32). The van der Waals surface area contributed by atoms with Crippen LogP contribution in [0.5, 0.6) is 11.5 Å². The van der Waals surface area contributed by atoms with Gasteiger partial charge in [-0.25, -0.2) is 4.98 Å². The number of anilines is 2. The number of benzene rings is 2. The first-order valence-electron chi connectivity index (χ1n) is 12.5. The van der Waals surface area contributed by atoms with Gasteiger partial charge in [0.05, 0.1) is 12.8 Å². The minimum atomic E-state index is -0.369. The van der Waals surface area contributed by atoms with Crippen molar-refractivity contribution in [2.75, 3.05) is 38.8 Å². The Labute approximate surface area is 218 Å². The molecule has 192 valence electrons. The fraction of sp³-hybridized carbons (Fsp3) is 0.310. The van der Waals surface area contributed by atoms with Gasteiger partial charge in [0, 0.05) is 61.1 Å². The van der Waals surface area contributed by atoms with Gasteiger partial charge >= 0.3 is 0 Å². The number of piperidine rings is 1. The number of pyridine rings is 1. The summed E-state index contributed by atoms with van der Waals surface area (Å²) in [7, 11) is 1.35. The minimum absolute atomic E-state index is 0.138. The molecule has 0 aliphatic carbocycles. The Balaban J connectivity index is 1.34. The lowest BCUT2D eigenvalue weighted by Crippen LogP contribution is -2.40. The van der Waals surface area contributed by atoms with Crippen LogP contribution >= 0.6 is 7.92 Å². The van der Waals surface area contributed by atoms with Crippen molar-refractivity contribution >= 4 is 41.5 Å². The number of rotatable bonds is 7. The molecule has 1 aliphatic heterocycles. The van der Waals surface area contributed by atoms with E-state index in [1.807, 2.05) is 41.4 Å². The summed E-state index contributed by atoms with van der Waals surface area (Å²) in [5.41, 5.74) is 4.95. The molecule has 2 aromatic heterocycles. The number of aromatic amines is 1.